The zero-order valence-corrected chi connectivity index (χ0v) is 17.9. The lowest BCUT2D eigenvalue weighted by molar-refractivity contribution is -0.154. The lowest BCUT2D eigenvalue weighted by Gasteiger charge is -2.35. The fourth-order valence-corrected chi connectivity index (χ4v) is 3.80. The van der Waals surface area contributed by atoms with Crippen LogP contribution in [0.15, 0.2) is 9.59 Å². The zero-order chi connectivity index (χ0) is 22.6. The normalized spacial score (nSPS) is 15.6. The van der Waals surface area contributed by atoms with E-state index < -0.39 is 35.1 Å². The van der Waals surface area contributed by atoms with Crippen molar-refractivity contribution < 1.29 is 19.1 Å². The molecule has 0 radical (unpaired) electrons. The first kappa shape index (κ1) is 23.4. The van der Waals surface area contributed by atoms with Crippen molar-refractivity contribution in [2.24, 2.45) is 13.0 Å². The molecular weight excluding hydrogens is 392 g/mol. The molecule has 10 nitrogen and oxygen atoms in total. The van der Waals surface area contributed by atoms with Gasteiger partial charge in [-0.25, -0.2) is 9.59 Å². The molecule has 3 N–H and O–H groups in total. The third-order valence-electron chi connectivity index (χ3n) is 5.26. The number of aromatic nitrogens is 2. The van der Waals surface area contributed by atoms with E-state index in [0.29, 0.717) is 12.8 Å². The van der Waals surface area contributed by atoms with E-state index in [1.807, 2.05) is 13.8 Å². The molecule has 1 saturated carbocycles. The minimum absolute atomic E-state index is 0.0482. The summed E-state index contributed by atoms with van der Waals surface area (Å²) in [5, 5.41) is 2.67. The number of hydrogen-bond donors (Lipinski definition) is 2. The molecular formula is C20H30N4O6. The highest BCUT2D eigenvalue weighted by atomic mass is 16.5. The second-order valence-corrected chi connectivity index (χ2v) is 8.23. The van der Waals surface area contributed by atoms with Gasteiger partial charge in [-0.2, -0.15) is 0 Å². The molecule has 166 valence electrons. The monoisotopic (exact) mass is 422 g/mol. The van der Waals surface area contributed by atoms with Crippen LogP contribution in [0.5, 0.6) is 0 Å². The van der Waals surface area contributed by atoms with E-state index in [4.69, 9.17) is 10.5 Å². The van der Waals surface area contributed by atoms with Crippen LogP contribution in [-0.4, -0.2) is 38.9 Å². The van der Waals surface area contributed by atoms with Gasteiger partial charge in [0.1, 0.15) is 16.9 Å². The van der Waals surface area contributed by atoms with Gasteiger partial charge in [0, 0.05) is 20.5 Å². The highest BCUT2D eigenvalue weighted by Crippen LogP contribution is 2.29. The number of ether oxygens (including phenoxy) is 1. The topological polar surface area (TPSA) is 142 Å². The Hall–Kier alpha value is -2.91. The first-order chi connectivity index (χ1) is 14.0. The Kier molecular flexibility index (Phi) is 7.22. The van der Waals surface area contributed by atoms with Crippen molar-refractivity contribution in [3.8, 4) is 0 Å². The molecule has 1 aromatic rings. The van der Waals surface area contributed by atoms with Crippen molar-refractivity contribution in [1.29, 1.82) is 0 Å². The lowest BCUT2D eigenvalue weighted by atomic mass is 9.81. The number of nitrogens with zero attached hydrogens (tertiary/aromatic N) is 2. The summed E-state index contributed by atoms with van der Waals surface area (Å²) in [6.45, 7) is 4.57. The second kappa shape index (κ2) is 9.27. The number of Topliss-reactive ketones (excluding diaryl/α,β-unsaturated/α-hetero) is 1. The molecule has 0 atom stereocenters. The fourth-order valence-electron chi connectivity index (χ4n) is 3.80. The summed E-state index contributed by atoms with van der Waals surface area (Å²) in [4.78, 5) is 61.9. The maximum atomic E-state index is 12.7. The molecule has 1 aromatic heterocycles. The van der Waals surface area contributed by atoms with Crippen LogP contribution in [-0.2, 0) is 27.9 Å². The van der Waals surface area contributed by atoms with Gasteiger partial charge in [0.15, 0.2) is 6.61 Å². The molecule has 2 rings (SSSR count). The predicted octanol–water partition coefficient (Wildman–Crippen LogP) is 0.350. The number of nitrogens with one attached hydrogen (secondary N) is 1. The number of nitrogen functional groups attached to an aromatic ring is 1. The minimum atomic E-state index is -1.17. The van der Waals surface area contributed by atoms with Gasteiger partial charge < -0.3 is 15.8 Å². The number of amides is 1. The molecule has 0 unspecified atom stereocenters. The first-order valence-corrected chi connectivity index (χ1v) is 10.1. The van der Waals surface area contributed by atoms with Gasteiger partial charge in [-0.05, 0) is 18.8 Å². The first-order valence-electron chi connectivity index (χ1n) is 10.1. The molecule has 10 heteroatoms. The Bertz CT molecular complexity index is 953. The molecule has 0 aromatic carbocycles. The van der Waals surface area contributed by atoms with Crippen LogP contribution in [0.1, 0.15) is 63.2 Å². The van der Waals surface area contributed by atoms with E-state index in [0.717, 1.165) is 23.8 Å². The SMILES string of the molecule is CC(=O)NC1(C(=O)OCC(=O)c2c(N)n(CC(C)C)c(=O)n(C)c2=O)CCCCC1. The third kappa shape index (κ3) is 4.80. The average Bonchev–Trinajstić information content (AvgIpc) is 2.68. The van der Waals surface area contributed by atoms with Crippen LogP contribution in [0.2, 0.25) is 0 Å². The van der Waals surface area contributed by atoms with Gasteiger partial charge in [0.05, 0.1) is 0 Å². The van der Waals surface area contributed by atoms with Crippen molar-refractivity contribution in [2.75, 3.05) is 12.3 Å². The van der Waals surface area contributed by atoms with Gasteiger partial charge in [-0.3, -0.25) is 23.5 Å². The van der Waals surface area contributed by atoms with Crippen LogP contribution >= 0.6 is 0 Å². The molecule has 1 heterocycles. The van der Waals surface area contributed by atoms with Crippen LogP contribution in [0.3, 0.4) is 0 Å². The maximum Gasteiger partial charge on any atom is 0.332 e. The van der Waals surface area contributed by atoms with Crippen LogP contribution in [0, 0.1) is 5.92 Å². The Morgan fingerprint density at radius 3 is 2.30 bits per heavy atom. The van der Waals surface area contributed by atoms with Gasteiger partial charge in [0.2, 0.25) is 11.7 Å². The number of carbonyl (C=O) groups excluding carboxylic acids is 3. The van der Waals surface area contributed by atoms with E-state index in [-0.39, 0.29) is 29.8 Å². The van der Waals surface area contributed by atoms with Gasteiger partial charge in [-0.15, -0.1) is 0 Å². The van der Waals surface area contributed by atoms with Gasteiger partial charge >= 0.3 is 11.7 Å². The van der Waals surface area contributed by atoms with Crippen molar-refractivity contribution >= 4 is 23.5 Å². The van der Waals surface area contributed by atoms with Crippen LogP contribution in [0.25, 0.3) is 0 Å². The lowest BCUT2D eigenvalue weighted by Crippen LogP contribution is -2.56. The standard InChI is InChI=1S/C20H30N4O6/c1-12(2)10-24-16(21)15(17(27)23(4)19(24)29)14(26)11-30-18(28)20(22-13(3)25)8-6-5-7-9-20/h12H,5-11,21H2,1-4H3,(H,22,25). The largest absolute Gasteiger partial charge is 0.456 e. The summed E-state index contributed by atoms with van der Waals surface area (Å²) in [5.41, 5.74) is 2.96. The Morgan fingerprint density at radius 1 is 1.17 bits per heavy atom. The smallest absolute Gasteiger partial charge is 0.332 e. The highest BCUT2D eigenvalue weighted by Gasteiger charge is 2.42. The number of anilines is 1. The Balaban J connectivity index is 2.28. The van der Waals surface area contributed by atoms with E-state index in [2.05, 4.69) is 5.32 Å². The van der Waals surface area contributed by atoms with Crippen molar-refractivity contribution in [3.05, 3.63) is 26.4 Å². The Labute approximate surface area is 174 Å². The molecule has 0 aliphatic heterocycles. The van der Waals surface area contributed by atoms with Gasteiger partial charge in [-0.1, -0.05) is 33.1 Å². The number of rotatable bonds is 7. The second-order valence-electron chi connectivity index (χ2n) is 8.23. The van der Waals surface area contributed by atoms with E-state index >= 15 is 0 Å². The predicted molar refractivity (Wildman–Crippen MR) is 110 cm³/mol. The molecule has 0 saturated heterocycles. The molecule has 0 bridgehead atoms. The van der Waals surface area contributed by atoms with E-state index in [1.165, 1.54) is 18.5 Å². The molecule has 1 fully saturated rings. The zero-order valence-electron chi connectivity index (χ0n) is 17.9. The minimum Gasteiger partial charge on any atom is -0.456 e. The van der Waals surface area contributed by atoms with Crippen LogP contribution in [0.4, 0.5) is 5.82 Å². The number of esters is 1. The number of hydrogen-bond acceptors (Lipinski definition) is 7. The van der Waals surface area contributed by atoms with Crippen molar-refractivity contribution in [2.45, 2.75) is 65.0 Å². The summed E-state index contributed by atoms with van der Waals surface area (Å²) < 4.78 is 7.19. The molecule has 0 spiro atoms. The van der Waals surface area contributed by atoms with Gasteiger partial charge in [0.25, 0.3) is 5.56 Å². The summed E-state index contributed by atoms with van der Waals surface area (Å²) in [6.07, 6.45) is 3.27. The van der Waals surface area contributed by atoms with Crippen molar-refractivity contribution in [1.82, 2.24) is 14.5 Å². The quantitative estimate of drug-likeness (QED) is 0.477. The summed E-state index contributed by atoms with van der Waals surface area (Å²) in [5.74, 6) is -2.07. The number of nitrogens with two attached hydrogens (primary N) is 1. The van der Waals surface area contributed by atoms with Crippen molar-refractivity contribution in [3.63, 3.8) is 0 Å². The fraction of sp³-hybridized carbons (Fsp3) is 0.650. The molecule has 1 aliphatic carbocycles. The van der Waals surface area contributed by atoms with E-state index in [9.17, 15) is 24.0 Å². The molecule has 1 aliphatic rings. The summed E-state index contributed by atoms with van der Waals surface area (Å²) in [7, 11) is 1.26. The van der Waals surface area contributed by atoms with E-state index in [1.54, 1.807) is 0 Å². The highest BCUT2D eigenvalue weighted by molar-refractivity contribution is 6.01. The average molecular weight is 422 g/mol. The Morgan fingerprint density at radius 2 is 1.77 bits per heavy atom. The molecule has 1 amide bonds. The summed E-state index contributed by atoms with van der Waals surface area (Å²) >= 11 is 0. The van der Waals surface area contributed by atoms with Crippen LogP contribution < -0.4 is 22.3 Å². The third-order valence-corrected chi connectivity index (χ3v) is 5.26. The maximum absolute atomic E-state index is 12.7. The number of ketones is 1. The summed E-state index contributed by atoms with van der Waals surface area (Å²) in [6, 6.07) is 0. The number of carbonyl (C=O) groups is 3. The molecule has 30 heavy (non-hydrogen) atoms.